The lowest BCUT2D eigenvalue weighted by molar-refractivity contribution is -0.122. The van der Waals surface area contributed by atoms with Crippen molar-refractivity contribution in [3.05, 3.63) is 40.2 Å². The Labute approximate surface area is 123 Å². The topological polar surface area (TPSA) is 42.0 Å². The quantitative estimate of drug-likeness (QED) is 0.917. The van der Waals surface area contributed by atoms with Gasteiger partial charge in [-0.25, -0.2) is 4.98 Å². The highest BCUT2D eigenvalue weighted by molar-refractivity contribution is 7.09. The average Bonchev–Trinajstić information content (AvgIpc) is 3.22. The molecule has 0 saturated heterocycles. The highest BCUT2D eigenvalue weighted by Crippen LogP contribution is 2.28. The molecule has 1 heterocycles. The third-order valence-electron chi connectivity index (χ3n) is 3.53. The molecule has 0 bridgehead atoms. The Morgan fingerprint density at radius 1 is 1.35 bits per heavy atom. The van der Waals surface area contributed by atoms with Crippen molar-refractivity contribution in [2.24, 2.45) is 5.92 Å². The summed E-state index contributed by atoms with van der Waals surface area (Å²) in [5, 5.41) is 6.17. The van der Waals surface area contributed by atoms with Crippen LogP contribution in [0.2, 0.25) is 0 Å². The number of hydrogen-bond donors (Lipinski definition) is 1. The number of hydrogen-bond acceptors (Lipinski definition) is 3. The molecule has 0 unspecified atom stereocenters. The molecule has 1 aromatic carbocycles. The van der Waals surface area contributed by atoms with Crippen LogP contribution in [-0.2, 0) is 11.2 Å². The number of benzene rings is 1. The first kappa shape index (κ1) is 13.3. The first-order chi connectivity index (χ1) is 9.72. The van der Waals surface area contributed by atoms with Crippen LogP contribution in [-0.4, -0.2) is 17.4 Å². The van der Waals surface area contributed by atoms with Crippen molar-refractivity contribution in [3.8, 4) is 11.3 Å². The Morgan fingerprint density at radius 2 is 2.10 bits per heavy atom. The first-order valence-electron chi connectivity index (χ1n) is 7.01. The second-order valence-electron chi connectivity index (χ2n) is 5.26. The molecule has 0 atom stereocenters. The first-order valence-corrected chi connectivity index (χ1v) is 7.89. The zero-order valence-electron chi connectivity index (χ0n) is 11.6. The van der Waals surface area contributed by atoms with Gasteiger partial charge in [-0.15, -0.1) is 11.3 Å². The maximum Gasteiger partial charge on any atom is 0.223 e. The van der Waals surface area contributed by atoms with Crippen LogP contribution >= 0.6 is 11.3 Å². The lowest BCUT2D eigenvalue weighted by atomic mass is 10.1. The van der Waals surface area contributed by atoms with Gasteiger partial charge in [0.25, 0.3) is 0 Å². The van der Waals surface area contributed by atoms with Crippen molar-refractivity contribution in [3.63, 3.8) is 0 Å². The van der Waals surface area contributed by atoms with E-state index in [2.05, 4.69) is 39.9 Å². The molecule has 3 rings (SSSR count). The van der Waals surface area contributed by atoms with E-state index in [1.54, 1.807) is 11.3 Å². The molecule has 1 saturated carbocycles. The lowest BCUT2D eigenvalue weighted by Gasteiger charge is -2.05. The standard InChI is InChI=1S/C16H18N2OS/c1-11-18-15(10-20-11)13-4-2-12(3-5-13)8-9-17-16(19)14-6-7-14/h2-5,10,14H,6-9H2,1H3,(H,17,19). The molecular weight excluding hydrogens is 268 g/mol. The van der Waals surface area contributed by atoms with E-state index in [0.29, 0.717) is 5.92 Å². The summed E-state index contributed by atoms with van der Waals surface area (Å²) >= 11 is 1.67. The second kappa shape index (κ2) is 5.75. The number of nitrogens with one attached hydrogen (secondary N) is 1. The van der Waals surface area contributed by atoms with Crippen LogP contribution in [0.5, 0.6) is 0 Å². The van der Waals surface area contributed by atoms with Gasteiger partial charge < -0.3 is 5.32 Å². The van der Waals surface area contributed by atoms with Crippen molar-refractivity contribution in [1.29, 1.82) is 0 Å². The SMILES string of the molecule is Cc1nc(-c2ccc(CCNC(=O)C3CC3)cc2)cs1. The molecule has 1 amide bonds. The smallest absolute Gasteiger partial charge is 0.223 e. The van der Waals surface area contributed by atoms with Gasteiger partial charge in [0.2, 0.25) is 5.91 Å². The third kappa shape index (κ3) is 3.25. The number of carbonyl (C=O) groups is 1. The minimum atomic E-state index is 0.222. The summed E-state index contributed by atoms with van der Waals surface area (Å²) < 4.78 is 0. The Balaban J connectivity index is 1.54. The van der Waals surface area contributed by atoms with Gasteiger partial charge in [0.15, 0.2) is 0 Å². The molecule has 3 nitrogen and oxygen atoms in total. The number of carbonyl (C=O) groups excluding carboxylic acids is 1. The van der Waals surface area contributed by atoms with Crippen LogP contribution in [0, 0.1) is 12.8 Å². The molecule has 1 aliphatic rings. The molecule has 2 aromatic rings. The summed E-state index contributed by atoms with van der Waals surface area (Å²) in [5.41, 5.74) is 3.44. The number of thiazole rings is 1. The van der Waals surface area contributed by atoms with Crippen molar-refractivity contribution in [1.82, 2.24) is 10.3 Å². The predicted molar refractivity (Wildman–Crippen MR) is 81.7 cm³/mol. The van der Waals surface area contributed by atoms with E-state index in [0.717, 1.165) is 42.1 Å². The summed E-state index contributed by atoms with van der Waals surface area (Å²) in [6, 6.07) is 8.44. The average molecular weight is 286 g/mol. The maximum atomic E-state index is 11.5. The van der Waals surface area contributed by atoms with Gasteiger partial charge in [-0.05, 0) is 31.7 Å². The molecule has 1 fully saturated rings. The summed E-state index contributed by atoms with van der Waals surface area (Å²) in [6.07, 6.45) is 3.01. The van der Waals surface area contributed by atoms with Crippen LogP contribution in [0.25, 0.3) is 11.3 Å². The predicted octanol–water partition coefficient (Wildman–Crippen LogP) is 3.19. The fourth-order valence-corrected chi connectivity index (χ4v) is 2.78. The minimum Gasteiger partial charge on any atom is -0.356 e. The summed E-state index contributed by atoms with van der Waals surface area (Å²) in [4.78, 5) is 16.0. The summed E-state index contributed by atoms with van der Waals surface area (Å²) in [5.74, 6) is 0.518. The molecule has 0 aliphatic heterocycles. The van der Waals surface area contributed by atoms with E-state index in [1.807, 2.05) is 6.92 Å². The number of aromatic nitrogens is 1. The van der Waals surface area contributed by atoms with Gasteiger partial charge in [0.1, 0.15) is 0 Å². The van der Waals surface area contributed by atoms with Crippen molar-refractivity contribution >= 4 is 17.2 Å². The lowest BCUT2D eigenvalue weighted by Crippen LogP contribution is -2.26. The second-order valence-corrected chi connectivity index (χ2v) is 6.33. The minimum absolute atomic E-state index is 0.222. The molecule has 0 radical (unpaired) electrons. The summed E-state index contributed by atoms with van der Waals surface area (Å²) in [6.45, 7) is 2.75. The Hall–Kier alpha value is -1.68. The van der Waals surface area contributed by atoms with E-state index < -0.39 is 0 Å². The normalized spacial score (nSPS) is 14.2. The van der Waals surface area contributed by atoms with E-state index in [-0.39, 0.29) is 5.91 Å². The van der Waals surface area contributed by atoms with Crippen LogP contribution in [0.15, 0.2) is 29.6 Å². The van der Waals surface area contributed by atoms with E-state index >= 15 is 0 Å². The van der Waals surface area contributed by atoms with Crippen molar-refractivity contribution in [2.75, 3.05) is 6.54 Å². The van der Waals surface area contributed by atoms with Crippen LogP contribution in [0.4, 0.5) is 0 Å². The number of amides is 1. The Morgan fingerprint density at radius 3 is 2.70 bits per heavy atom. The van der Waals surface area contributed by atoms with Gasteiger partial charge in [0, 0.05) is 23.4 Å². The molecule has 1 aliphatic carbocycles. The molecule has 0 spiro atoms. The maximum absolute atomic E-state index is 11.5. The summed E-state index contributed by atoms with van der Waals surface area (Å²) in [7, 11) is 0. The molecular formula is C16H18N2OS. The monoisotopic (exact) mass is 286 g/mol. The Kier molecular flexibility index (Phi) is 3.83. The van der Waals surface area contributed by atoms with Crippen molar-refractivity contribution < 1.29 is 4.79 Å². The number of rotatable bonds is 5. The zero-order chi connectivity index (χ0) is 13.9. The largest absolute Gasteiger partial charge is 0.356 e. The fraction of sp³-hybridized carbons (Fsp3) is 0.375. The van der Waals surface area contributed by atoms with E-state index in [1.165, 1.54) is 5.56 Å². The fourth-order valence-electron chi connectivity index (χ4n) is 2.16. The highest BCUT2D eigenvalue weighted by atomic mass is 32.1. The molecule has 20 heavy (non-hydrogen) atoms. The number of aryl methyl sites for hydroxylation is 1. The van der Waals surface area contributed by atoms with Gasteiger partial charge >= 0.3 is 0 Å². The van der Waals surface area contributed by atoms with Gasteiger partial charge in [-0.1, -0.05) is 24.3 Å². The third-order valence-corrected chi connectivity index (χ3v) is 4.30. The number of nitrogens with zero attached hydrogens (tertiary/aromatic N) is 1. The zero-order valence-corrected chi connectivity index (χ0v) is 12.4. The van der Waals surface area contributed by atoms with Gasteiger partial charge in [-0.2, -0.15) is 0 Å². The van der Waals surface area contributed by atoms with Crippen molar-refractivity contribution in [2.45, 2.75) is 26.2 Å². The molecule has 104 valence electrons. The molecule has 4 heteroatoms. The van der Waals surface area contributed by atoms with Gasteiger partial charge in [0.05, 0.1) is 10.7 Å². The van der Waals surface area contributed by atoms with Crippen LogP contribution in [0.3, 0.4) is 0 Å². The van der Waals surface area contributed by atoms with Gasteiger partial charge in [-0.3, -0.25) is 4.79 Å². The van der Waals surface area contributed by atoms with E-state index in [4.69, 9.17) is 0 Å². The Bertz CT molecular complexity index is 599. The van der Waals surface area contributed by atoms with Crippen LogP contribution in [0.1, 0.15) is 23.4 Å². The molecule has 1 N–H and O–H groups in total. The van der Waals surface area contributed by atoms with E-state index in [9.17, 15) is 4.79 Å². The van der Waals surface area contributed by atoms with Crippen LogP contribution < -0.4 is 5.32 Å². The molecule has 1 aromatic heterocycles. The highest BCUT2D eigenvalue weighted by Gasteiger charge is 2.28.